The fourth-order valence-corrected chi connectivity index (χ4v) is 6.01. The smallest absolute Gasteiger partial charge is 0.118 e. The van der Waals surface area contributed by atoms with Crippen LogP contribution in [0.1, 0.15) is 69.1 Å². The molecule has 27 heavy (non-hydrogen) atoms. The molecule has 1 fully saturated rings. The third kappa shape index (κ3) is 2.55. The molecule has 0 amide bonds. The van der Waals surface area contributed by atoms with Gasteiger partial charge in [-0.15, -0.1) is 0 Å². The van der Waals surface area contributed by atoms with E-state index in [1.165, 1.54) is 11.1 Å². The summed E-state index contributed by atoms with van der Waals surface area (Å²) in [6.45, 7) is 6.17. The van der Waals surface area contributed by atoms with Crippen LogP contribution < -0.4 is 0 Å². The summed E-state index contributed by atoms with van der Waals surface area (Å²) in [6.07, 6.45) is 2.91. The van der Waals surface area contributed by atoms with Crippen LogP contribution in [0.2, 0.25) is 0 Å². The van der Waals surface area contributed by atoms with Crippen molar-refractivity contribution >= 4 is 0 Å². The van der Waals surface area contributed by atoms with Gasteiger partial charge >= 0.3 is 0 Å². The maximum absolute atomic E-state index is 11.7. The largest absolute Gasteiger partial charge is 0.508 e. The molecule has 0 saturated heterocycles. The summed E-state index contributed by atoms with van der Waals surface area (Å²) in [6, 6.07) is 15.3. The molecule has 0 aromatic heterocycles. The zero-order chi connectivity index (χ0) is 19.4. The molecule has 3 heteroatoms. The number of aliphatic hydroxyl groups is 2. The predicted octanol–water partition coefficient (Wildman–Crippen LogP) is 4.60. The number of fused-ring (bicyclic) bond motifs is 3. The minimum Gasteiger partial charge on any atom is -0.508 e. The summed E-state index contributed by atoms with van der Waals surface area (Å²) in [7, 11) is 0. The van der Waals surface area contributed by atoms with Crippen molar-refractivity contribution in [2.75, 3.05) is 0 Å². The first-order valence-corrected chi connectivity index (χ1v) is 10.1. The lowest BCUT2D eigenvalue weighted by Gasteiger charge is -2.59. The average molecular weight is 367 g/mol. The Morgan fingerprint density at radius 1 is 1.07 bits per heavy atom. The van der Waals surface area contributed by atoms with E-state index < -0.39 is 11.2 Å². The zero-order valence-corrected chi connectivity index (χ0v) is 16.4. The monoisotopic (exact) mass is 366 g/mol. The number of benzene rings is 2. The van der Waals surface area contributed by atoms with Crippen LogP contribution in [0, 0.1) is 5.92 Å². The lowest BCUT2D eigenvalue weighted by Crippen LogP contribution is -2.62. The minimum atomic E-state index is -1.26. The molecule has 2 aliphatic rings. The van der Waals surface area contributed by atoms with Gasteiger partial charge in [-0.2, -0.15) is 0 Å². The van der Waals surface area contributed by atoms with Crippen LogP contribution in [0.4, 0.5) is 0 Å². The molecule has 144 valence electrons. The van der Waals surface area contributed by atoms with Gasteiger partial charge in [0.2, 0.25) is 0 Å². The third-order valence-electron chi connectivity index (χ3n) is 7.50. The van der Waals surface area contributed by atoms with E-state index in [1.807, 2.05) is 42.5 Å². The maximum Gasteiger partial charge on any atom is 0.118 e. The Kier molecular flexibility index (Phi) is 4.17. The van der Waals surface area contributed by atoms with Gasteiger partial charge in [-0.1, -0.05) is 50.2 Å². The van der Waals surface area contributed by atoms with E-state index in [1.54, 1.807) is 13.0 Å². The Balaban J connectivity index is 1.86. The first-order valence-electron chi connectivity index (χ1n) is 10.1. The topological polar surface area (TPSA) is 60.7 Å². The standard InChI is InChI=1S/C24H30O3/c1-4-23-15-22(3,26)24(27,17-8-6-5-7-9-17)14-18(23)12-16(2)20-13-19(25)10-11-21(20)23/h5-11,13,16,18,25-27H,4,12,14-15H2,1-3H3/t16?,18-,22-,23-,24-/m1/s1. The van der Waals surface area contributed by atoms with E-state index in [2.05, 4.69) is 13.8 Å². The van der Waals surface area contributed by atoms with Gasteiger partial charge in [-0.05, 0) is 73.3 Å². The molecule has 3 N–H and O–H groups in total. The summed E-state index contributed by atoms with van der Waals surface area (Å²) in [4.78, 5) is 0. The van der Waals surface area contributed by atoms with E-state index in [-0.39, 0.29) is 11.3 Å². The number of phenolic OH excluding ortho intramolecular Hbond substituents is 1. The quantitative estimate of drug-likeness (QED) is 0.728. The Bertz CT molecular complexity index is 844. The SMILES string of the molecule is CC[C@@]12C[C@@](C)(O)[C@](O)(c3ccccc3)C[C@H]1CC(C)c1cc(O)ccc12. The van der Waals surface area contributed by atoms with Crippen LogP contribution >= 0.6 is 0 Å². The Morgan fingerprint density at radius 2 is 1.78 bits per heavy atom. The fourth-order valence-electron chi connectivity index (χ4n) is 6.01. The maximum atomic E-state index is 11.7. The lowest BCUT2D eigenvalue weighted by atomic mass is 9.47. The highest BCUT2D eigenvalue weighted by molar-refractivity contribution is 5.46. The van der Waals surface area contributed by atoms with Crippen molar-refractivity contribution < 1.29 is 15.3 Å². The molecule has 0 radical (unpaired) electrons. The van der Waals surface area contributed by atoms with Crippen LogP contribution in [0.25, 0.3) is 0 Å². The third-order valence-corrected chi connectivity index (χ3v) is 7.50. The predicted molar refractivity (Wildman–Crippen MR) is 107 cm³/mol. The van der Waals surface area contributed by atoms with E-state index in [0.29, 0.717) is 24.5 Å². The van der Waals surface area contributed by atoms with Crippen molar-refractivity contribution in [3.05, 3.63) is 65.2 Å². The molecule has 0 bridgehead atoms. The van der Waals surface area contributed by atoms with E-state index in [9.17, 15) is 15.3 Å². The second kappa shape index (κ2) is 6.08. The van der Waals surface area contributed by atoms with Crippen LogP contribution in [0.5, 0.6) is 5.75 Å². The molecule has 0 aliphatic heterocycles. The van der Waals surface area contributed by atoms with Crippen LogP contribution in [0.3, 0.4) is 0 Å². The van der Waals surface area contributed by atoms with E-state index in [4.69, 9.17) is 0 Å². The zero-order valence-electron chi connectivity index (χ0n) is 16.4. The minimum absolute atomic E-state index is 0.181. The molecule has 1 unspecified atom stereocenters. The Labute approximate surface area is 161 Å². The molecule has 1 saturated carbocycles. The molecule has 0 heterocycles. The summed E-state index contributed by atoms with van der Waals surface area (Å²) in [5.41, 5.74) is 0.544. The summed E-state index contributed by atoms with van der Waals surface area (Å²) < 4.78 is 0. The number of hydrogen-bond acceptors (Lipinski definition) is 3. The molecule has 0 spiro atoms. The van der Waals surface area contributed by atoms with Crippen molar-refractivity contribution in [2.24, 2.45) is 5.92 Å². The van der Waals surface area contributed by atoms with Gasteiger partial charge < -0.3 is 15.3 Å². The van der Waals surface area contributed by atoms with Crippen molar-refractivity contribution in [2.45, 2.75) is 69.0 Å². The molecular weight excluding hydrogens is 336 g/mol. The highest BCUT2D eigenvalue weighted by Gasteiger charge is 2.61. The van der Waals surface area contributed by atoms with Crippen LogP contribution in [-0.2, 0) is 11.0 Å². The first kappa shape index (κ1) is 18.5. The summed E-state index contributed by atoms with van der Waals surface area (Å²) >= 11 is 0. The van der Waals surface area contributed by atoms with Gasteiger partial charge in [0, 0.05) is 5.41 Å². The normalized spacial score (nSPS) is 38.1. The molecule has 5 atom stereocenters. The Morgan fingerprint density at radius 3 is 2.44 bits per heavy atom. The number of phenols is 1. The highest BCUT2D eigenvalue weighted by Crippen LogP contribution is 2.61. The van der Waals surface area contributed by atoms with Crippen molar-refractivity contribution in [1.82, 2.24) is 0 Å². The van der Waals surface area contributed by atoms with Gasteiger partial charge in [0.15, 0.2) is 0 Å². The molecule has 3 nitrogen and oxygen atoms in total. The number of rotatable bonds is 2. The van der Waals surface area contributed by atoms with Gasteiger partial charge in [0.1, 0.15) is 11.4 Å². The van der Waals surface area contributed by atoms with Crippen molar-refractivity contribution in [1.29, 1.82) is 0 Å². The van der Waals surface area contributed by atoms with Gasteiger partial charge in [-0.25, -0.2) is 0 Å². The summed E-state index contributed by atoms with van der Waals surface area (Å²) in [5.74, 6) is 0.897. The van der Waals surface area contributed by atoms with Crippen molar-refractivity contribution in [3.63, 3.8) is 0 Å². The van der Waals surface area contributed by atoms with Gasteiger partial charge in [0.25, 0.3) is 0 Å². The fraction of sp³-hybridized carbons (Fsp3) is 0.500. The van der Waals surface area contributed by atoms with E-state index in [0.717, 1.165) is 18.4 Å². The Hall–Kier alpha value is -1.84. The average Bonchev–Trinajstić information content (AvgIpc) is 2.64. The molecule has 2 aromatic rings. The molecule has 2 aliphatic carbocycles. The molecule has 4 rings (SSSR count). The second-order valence-electron chi connectivity index (χ2n) is 9.00. The first-order chi connectivity index (χ1) is 12.7. The number of hydrogen-bond donors (Lipinski definition) is 3. The van der Waals surface area contributed by atoms with Crippen LogP contribution in [0.15, 0.2) is 48.5 Å². The molecule has 2 aromatic carbocycles. The van der Waals surface area contributed by atoms with Gasteiger partial charge in [-0.3, -0.25) is 0 Å². The second-order valence-corrected chi connectivity index (χ2v) is 9.00. The van der Waals surface area contributed by atoms with Gasteiger partial charge in [0.05, 0.1) is 5.60 Å². The molecular formula is C24H30O3. The van der Waals surface area contributed by atoms with E-state index >= 15 is 0 Å². The van der Waals surface area contributed by atoms with Crippen LogP contribution in [-0.4, -0.2) is 20.9 Å². The number of aromatic hydroxyl groups is 1. The lowest BCUT2D eigenvalue weighted by molar-refractivity contribution is -0.206. The van der Waals surface area contributed by atoms with Crippen molar-refractivity contribution in [3.8, 4) is 5.75 Å². The highest BCUT2D eigenvalue weighted by atomic mass is 16.4. The summed E-state index contributed by atoms with van der Waals surface area (Å²) in [5, 5.41) is 33.2.